The number of nitrogens with zero attached hydrogens (tertiary/aromatic N) is 1. The minimum absolute atomic E-state index is 0.0603. The van der Waals surface area contributed by atoms with Crippen molar-refractivity contribution in [3.05, 3.63) is 64.1 Å². The van der Waals surface area contributed by atoms with Crippen LogP contribution in [0.2, 0.25) is 10.0 Å². The number of halogens is 2. The smallest absolute Gasteiger partial charge is 0.183 e. The first-order chi connectivity index (χ1) is 12.4. The third-order valence-corrected chi connectivity index (χ3v) is 7.51. The lowest BCUT2D eigenvalue weighted by molar-refractivity contribution is 0.117. The summed E-state index contributed by atoms with van der Waals surface area (Å²) in [5.41, 5.74) is -0.360. The number of nitriles is 1. The van der Waals surface area contributed by atoms with E-state index in [2.05, 4.69) is 6.07 Å². The summed E-state index contributed by atoms with van der Waals surface area (Å²) in [5.74, 6) is -0.475. The Hall–Kier alpha value is -1.58. The lowest BCUT2D eigenvalue weighted by atomic mass is 10.0. The Bertz CT molecular complexity index is 936. The highest BCUT2D eigenvalue weighted by molar-refractivity contribution is 7.92. The number of hydrogen-bond donors (Lipinski definition) is 0. The van der Waals surface area contributed by atoms with Gasteiger partial charge in [-0.15, -0.1) is 0 Å². The molecule has 0 radical (unpaired) electrons. The Morgan fingerprint density at radius 3 is 2.12 bits per heavy atom. The van der Waals surface area contributed by atoms with Crippen LogP contribution in [-0.4, -0.2) is 26.9 Å². The van der Waals surface area contributed by atoms with Crippen molar-refractivity contribution < 1.29 is 13.2 Å². The van der Waals surface area contributed by atoms with Crippen molar-refractivity contribution in [2.45, 2.75) is 23.0 Å². The predicted molar refractivity (Wildman–Crippen MR) is 101 cm³/mol. The summed E-state index contributed by atoms with van der Waals surface area (Å²) in [6.45, 7) is 2.28. The number of hydrogen-bond acceptors (Lipinski definition) is 4. The third kappa shape index (κ3) is 3.23. The summed E-state index contributed by atoms with van der Waals surface area (Å²) in [4.78, 5) is 0.152. The maximum absolute atomic E-state index is 13.2. The molecule has 0 aliphatic heterocycles. The lowest BCUT2D eigenvalue weighted by Gasteiger charge is -2.10. The fourth-order valence-electron chi connectivity index (χ4n) is 3.38. The maximum Gasteiger partial charge on any atom is 0.183 e. The van der Waals surface area contributed by atoms with Crippen molar-refractivity contribution in [3.63, 3.8) is 0 Å². The van der Waals surface area contributed by atoms with E-state index >= 15 is 0 Å². The molecule has 26 heavy (non-hydrogen) atoms. The van der Waals surface area contributed by atoms with Crippen LogP contribution >= 0.6 is 23.2 Å². The molecule has 2 aromatic carbocycles. The maximum atomic E-state index is 13.2. The van der Waals surface area contributed by atoms with E-state index in [0.29, 0.717) is 16.7 Å². The van der Waals surface area contributed by atoms with Gasteiger partial charge in [0.2, 0.25) is 0 Å². The van der Waals surface area contributed by atoms with E-state index in [1.165, 1.54) is 24.3 Å². The molecule has 4 nitrogen and oxygen atoms in total. The molecule has 0 aromatic heterocycles. The lowest BCUT2D eigenvalue weighted by Crippen LogP contribution is -2.19. The molecule has 1 fully saturated rings. The van der Waals surface area contributed by atoms with Gasteiger partial charge < -0.3 is 4.74 Å². The molecule has 7 heteroatoms. The molecule has 0 unspecified atom stereocenters. The molecule has 1 aliphatic rings. The quantitative estimate of drug-likeness (QED) is 0.704. The first-order valence-corrected chi connectivity index (χ1v) is 10.4. The predicted octanol–water partition coefficient (Wildman–Crippen LogP) is 4.48. The largest absolute Gasteiger partial charge is 0.380 e. The molecular weight excluding hydrogens is 393 g/mol. The Morgan fingerprint density at radius 1 is 1.08 bits per heavy atom. The standard InChI is InChI=1S/C19H17Cl2NO3S/c1-2-25-12-19(11-22)17(13-3-5-14(20)6-4-13)18(19)26(23,24)16-9-7-15(21)8-10-16/h3-10,17-18H,2,12H2,1H3/t17-,18+,19-/m1/s1. The summed E-state index contributed by atoms with van der Waals surface area (Å²) in [6, 6.07) is 15.2. The number of rotatable bonds is 6. The molecular formula is C19H17Cl2NO3S. The van der Waals surface area contributed by atoms with Crippen molar-refractivity contribution in [1.29, 1.82) is 5.26 Å². The first kappa shape index (κ1) is 19.2. The third-order valence-electron chi connectivity index (χ3n) is 4.72. The van der Waals surface area contributed by atoms with Crippen LogP contribution in [0.4, 0.5) is 0 Å². The highest BCUT2D eigenvalue weighted by Gasteiger charge is 2.72. The average molecular weight is 410 g/mol. The molecule has 2 aromatic rings. The number of ether oxygens (including phenoxy) is 1. The molecule has 0 N–H and O–H groups in total. The molecule has 0 saturated heterocycles. The van der Waals surface area contributed by atoms with Crippen molar-refractivity contribution in [3.8, 4) is 6.07 Å². The van der Waals surface area contributed by atoms with Crippen LogP contribution in [0.1, 0.15) is 18.4 Å². The Labute approximate surface area is 163 Å². The molecule has 1 aliphatic carbocycles. The number of benzene rings is 2. The second kappa shape index (κ2) is 7.21. The SMILES string of the molecule is CCOC[C@]1(C#N)[C@H](c2ccc(Cl)cc2)[C@@H]1S(=O)(=O)c1ccc(Cl)cc1. The topological polar surface area (TPSA) is 67.2 Å². The van der Waals surface area contributed by atoms with E-state index in [4.69, 9.17) is 27.9 Å². The van der Waals surface area contributed by atoms with Crippen molar-refractivity contribution >= 4 is 33.0 Å². The second-order valence-corrected chi connectivity index (χ2v) is 9.18. The van der Waals surface area contributed by atoms with Crippen LogP contribution < -0.4 is 0 Å². The molecule has 0 spiro atoms. The van der Waals surface area contributed by atoms with Crippen molar-refractivity contribution in [1.82, 2.24) is 0 Å². The molecule has 1 saturated carbocycles. The Kier molecular flexibility index (Phi) is 5.32. The van der Waals surface area contributed by atoms with E-state index in [-0.39, 0.29) is 11.5 Å². The van der Waals surface area contributed by atoms with Crippen LogP contribution in [0.3, 0.4) is 0 Å². The van der Waals surface area contributed by atoms with E-state index in [9.17, 15) is 13.7 Å². The zero-order chi connectivity index (χ0) is 18.9. The van der Waals surface area contributed by atoms with Crippen LogP contribution in [-0.2, 0) is 14.6 Å². The summed E-state index contributed by atoms with van der Waals surface area (Å²) in [5, 5.41) is 9.98. The number of sulfone groups is 1. The monoisotopic (exact) mass is 409 g/mol. The van der Waals surface area contributed by atoms with Crippen LogP contribution in [0.5, 0.6) is 0 Å². The Morgan fingerprint density at radius 2 is 1.62 bits per heavy atom. The van der Waals surface area contributed by atoms with E-state index < -0.39 is 26.4 Å². The average Bonchev–Trinajstić information content (AvgIpc) is 3.31. The van der Waals surface area contributed by atoms with Gasteiger partial charge in [-0.25, -0.2) is 8.42 Å². The zero-order valence-electron chi connectivity index (χ0n) is 14.0. The van der Waals surface area contributed by atoms with Crippen LogP contribution in [0, 0.1) is 16.7 Å². The fourth-order valence-corrected chi connectivity index (χ4v) is 5.94. The van der Waals surface area contributed by atoms with E-state index in [0.717, 1.165) is 5.56 Å². The molecule has 3 atom stereocenters. The Balaban J connectivity index is 2.05. The fraction of sp³-hybridized carbons (Fsp3) is 0.316. The highest BCUT2D eigenvalue weighted by Crippen LogP contribution is 2.64. The van der Waals surface area contributed by atoms with Gasteiger partial charge in [0.25, 0.3) is 0 Å². The molecule has 3 rings (SSSR count). The van der Waals surface area contributed by atoms with Crippen LogP contribution in [0.15, 0.2) is 53.4 Å². The second-order valence-electron chi connectivity index (χ2n) is 6.24. The molecule has 0 amide bonds. The van der Waals surface area contributed by atoms with Gasteiger partial charge >= 0.3 is 0 Å². The van der Waals surface area contributed by atoms with Gasteiger partial charge in [-0.1, -0.05) is 35.3 Å². The van der Waals surface area contributed by atoms with E-state index in [1.807, 2.05) is 6.92 Å². The molecule has 0 bridgehead atoms. The van der Waals surface area contributed by atoms with Crippen LogP contribution in [0.25, 0.3) is 0 Å². The molecule has 0 heterocycles. The van der Waals surface area contributed by atoms with Gasteiger partial charge in [0, 0.05) is 22.6 Å². The minimum Gasteiger partial charge on any atom is -0.380 e. The van der Waals surface area contributed by atoms with Gasteiger partial charge in [0.1, 0.15) is 5.41 Å². The zero-order valence-corrected chi connectivity index (χ0v) is 16.4. The van der Waals surface area contributed by atoms with Gasteiger partial charge in [-0.2, -0.15) is 5.26 Å². The minimum atomic E-state index is -3.73. The summed E-state index contributed by atoms with van der Waals surface area (Å²) in [7, 11) is -3.73. The summed E-state index contributed by atoms with van der Waals surface area (Å²) >= 11 is 11.8. The van der Waals surface area contributed by atoms with Gasteiger partial charge in [-0.3, -0.25) is 0 Å². The van der Waals surface area contributed by atoms with E-state index in [1.54, 1.807) is 24.3 Å². The normalized spacial score (nSPS) is 24.8. The molecule has 136 valence electrons. The highest BCUT2D eigenvalue weighted by atomic mass is 35.5. The van der Waals surface area contributed by atoms with Crippen molar-refractivity contribution in [2.75, 3.05) is 13.2 Å². The summed E-state index contributed by atoms with van der Waals surface area (Å²) < 4.78 is 31.9. The summed E-state index contributed by atoms with van der Waals surface area (Å²) in [6.07, 6.45) is 0. The van der Waals surface area contributed by atoms with Gasteiger partial charge in [0.15, 0.2) is 9.84 Å². The van der Waals surface area contributed by atoms with Gasteiger partial charge in [-0.05, 0) is 48.9 Å². The van der Waals surface area contributed by atoms with Gasteiger partial charge in [0.05, 0.1) is 22.8 Å². The van der Waals surface area contributed by atoms with Crippen molar-refractivity contribution in [2.24, 2.45) is 5.41 Å². The first-order valence-electron chi connectivity index (χ1n) is 8.10.